The van der Waals surface area contributed by atoms with Crippen LogP contribution in [0.1, 0.15) is 37.8 Å². The summed E-state index contributed by atoms with van der Waals surface area (Å²) in [7, 11) is 0. The molecule has 126 valence electrons. The van der Waals surface area contributed by atoms with E-state index < -0.39 is 0 Å². The van der Waals surface area contributed by atoms with Crippen LogP contribution in [-0.4, -0.2) is 47.4 Å². The van der Waals surface area contributed by atoms with Crippen molar-refractivity contribution in [3.8, 4) is 0 Å². The number of carbonyl (C=O) groups excluding carboxylic acids is 2. The van der Waals surface area contributed by atoms with Crippen molar-refractivity contribution in [1.82, 2.24) is 15.1 Å². The summed E-state index contributed by atoms with van der Waals surface area (Å²) in [4.78, 5) is 26.0. The van der Waals surface area contributed by atoms with Crippen LogP contribution in [0, 0.1) is 6.92 Å². The molecule has 1 aromatic rings. The average Bonchev–Trinajstić information content (AvgIpc) is 3.18. The Morgan fingerprint density at radius 3 is 3.00 bits per heavy atom. The highest BCUT2D eigenvalue weighted by atomic mass is 16.5. The van der Waals surface area contributed by atoms with E-state index in [-0.39, 0.29) is 30.8 Å². The van der Waals surface area contributed by atoms with Gasteiger partial charge in [0.1, 0.15) is 5.82 Å². The maximum atomic E-state index is 12.4. The molecule has 3 rings (SSSR count). The molecule has 0 aromatic carbocycles. The number of hydrogen-bond acceptors (Lipinski definition) is 4. The van der Waals surface area contributed by atoms with Gasteiger partial charge >= 0.3 is 0 Å². The van der Waals surface area contributed by atoms with Crippen LogP contribution < -0.4 is 10.2 Å². The predicted molar refractivity (Wildman–Crippen MR) is 85.2 cm³/mol. The first-order chi connectivity index (χ1) is 11.1. The van der Waals surface area contributed by atoms with Gasteiger partial charge in [-0.3, -0.25) is 14.5 Å². The molecule has 2 aliphatic heterocycles. The molecule has 7 heteroatoms. The van der Waals surface area contributed by atoms with Crippen molar-refractivity contribution in [1.29, 1.82) is 0 Å². The standard InChI is InChI=1S/C16H24N4O3/c1-12-10-15-19(7-3-8-20(15)18-12)16(22)6-5-14(21)17-11-13-4-2-9-23-13/h10,13H,2-9,11H2,1H3,(H,17,21). The molecule has 1 unspecified atom stereocenters. The Labute approximate surface area is 136 Å². The Bertz CT molecular complexity index is 578. The summed E-state index contributed by atoms with van der Waals surface area (Å²) in [6, 6.07) is 1.93. The van der Waals surface area contributed by atoms with Crippen LogP contribution in [-0.2, 0) is 20.9 Å². The highest BCUT2D eigenvalue weighted by Gasteiger charge is 2.24. The van der Waals surface area contributed by atoms with Crippen LogP contribution in [0.2, 0.25) is 0 Å². The summed E-state index contributed by atoms with van der Waals surface area (Å²) in [5.41, 5.74) is 0.911. The van der Waals surface area contributed by atoms with E-state index >= 15 is 0 Å². The number of nitrogens with one attached hydrogen (secondary N) is 1. The van der Waals surface area contributed by atoms with Crippen LogP contribution in [0.5, 0.6) is 0 Å². The molecule has 0 saturated carbocycles. The molecule has 1 N–H and O–H groups in total. The number of anilines is 1. The topological polar surface area (TPSA) is 76.5 Å². The highest BCUT2D eigenvalue weighted by molar-refractivity contribution is 5.95. The number of amides is 2. The van der Waals surface area contributed by atoms with Crippen molar-refractivity contribution in [3.63, 3.8) is 0 Å². The Morgan fingerprint density at radius 2 is 2.22 bits per heavy atom. The number of carbonyl (C=O) groups is 2. The van der Waals surface area contributed by atoms with Gasteiger partial charge in [0.2, 0.25) is 11.8 Å². The van der Waals surface area contributed by atoms with E-state index in [0.717, 1.165) is 43.9 Å². The van der Waals surface area contributed by atoms with E-state index in [2.05, 4.69) is 10.4 Å². The van der Waals surface area contributed by atoms with Gasteiger partial charge in [0.15, 0.2) is 0 Å². The molecule has 1 fully saturated rings. The average molecular weight is 320 g/mol. The fourth-order valence-corrected chi connectivity index (χ4v) is 3.14. The third kappa shape index (κ3) is 3.90. The van der Waals surface area contributed by atoms with Gasteiger partial charge in [-0.15, -0.1) is 0 Å². The normalized spacial score (nSPS) is 20.4. The maximum Gasteiger partial charge on any atom is 0.228 e. The molecular formula is C16H24N4O3. The van der Waals surface area contributed by atoms with Gasteiger partial charge in [0.05, 0.1) is 11.8 Å². The van der Waals surface area contributed by atoms with Crippen LogP contribution >= 0.6 is 0 Å². The first-order valence-corrected chi connectivity index (χ1v) is 8.36. The van der Waals surface area contributed by atoms with Gasteiger partial charge in [-0.2, -0.15) is 5.10 Å². The van der Waals surface area contributed by atoms with E-state index in [1.807, 2.05) is 17.7 Å². The lowest BCUT2D eigenvalue weighted by atomic mass is 10.2. The lowest BCUT2D eigenvalue weighted by molar-refractivity contribution is -0.125. The third-order valence-corrected chi connectivity index (χ3v) is 4.33. The Hall–Kier alpha value is -1.89. The van der Waals surface area contributed by atoms with Gasteiger partial charge in [-0.25, -0.2) is 4.68 Å². The molecule has 0 radical (unpaired) electrons. The smallest absolute Gasteiger partial charge is 0.228 e. The molecule has 0 aliphatic carbocycles. The monoisotopic (exact) mass is 320 g/mol. The number of aryl methyl sites for hydroxylation is 2. The van der Waals surface area contributed by atoms with E-state index in [1.165, 1.54) is 0 Å². The van der Waals surface area contributed by atoms with E-state index in [0.29, 0.717) is 13.1 Å². The summed E-state index contributed by atoms with van der Waals surface area (Å²) in [5.74, 6) is 0.743. The van der Waals surface area contributed by atoms with Gasteiger partial charge in [0.25, 0.3) is 0 Å². The maximum absolute atomic E-state index is 12.4. The van der Waals surface area contributed by atoms with E-state index in [9.17, 15) is 9.59 Å². The van der Waals surface area contributed by atoms with Gasteiger partial charge in [-0.05, 0) is 26.2 Å². The van der Waals surface area contributed by atoms with Crippen molar-refractivity contribution in [2.75, 3.05) is 24.6 Å². The Kier molecular flexibility index (Phi) is 4.95. The van der Waals surface area contributed by atoms with Gasteiger partial charge in [-0.1, -0.05) is 0 Å². The fourth-order valence-electron chi connectivity index (χ4n) is 3.14. The van der Waals surface area contributed by atoms with Gasteiger partial charge < -0.3 is 10.1 Å². The molecule has 1 saturated heterocycles. The van der Waals surface area contributed by atoms with Crippen molar-refractivity contribution in [3.05, 3.63) is 11.8 Å². The second-order valence-corrected chi connectivity index (χ2v) is 6.21. The lowest BCUT2D eigenvalue weighted by Gasteiger charge is -2.27. The second-order valence-electron chi connectivity index (χ2n) is 6.21. The van der Waals surface area contributed by atoms with E-state index in [1.54, 1.807) is 4.90 Å². The van der Waals surface area contributed by atoms with Crippen LogP contribution in [0.15, 0.2) is 6.07 Å². The predicted octanol–water partition coefficient (Wildman–Crippen LogP) is 1.00. The molecule has 0 spiro atoms. The zero-order valence-electron chi connectivity index (χ0n) is 13.6. The Balaban J connectivity index is 1.46. The van der Waals surface area contributed by atoms with Gasteiger partial charge in [0, 0.05) is 45.1 Å². The molecule has 7 nitrogen and oxygen atoms in total. The minimum atomic E-state index is -0.0875. The molecule has 1 atom stereocenters. The summed E-state index contributed by atoms with van der Waals surface area (Å²) in [6.45, 7) is 4.78. The number of hydrogen-bond donors (Lipinski definition) is 1. The summed E-state index contributed by atoms with van der Waals surface area (Å²) in [5, 5.41) is 7.24. The summed E-state index contributed by atoms with van der Waals surface area (Å²) < 4.78 is 7.34. The molecular weight excluding hydrogens is 296 g/mol. The number of rotatable bonds is 5. The fraction of sp³-hybridized carbons (Fsp3) is 0.688. The second kappa shape index (κ2) is 7.12. The minimum absolute atomic E-state index is 0.0156. The molecule has 1 aromatic heterocycles. The van der Waals surface area contributed by atoms with Crippen molar-refractivity contribution in [2.45, 2.75) is 51.7 Å². The van der Waals surface area contributed by atoms with E-state index in [4.69, 9.17) is 4.74 Å². The number of aromatic nitrogens is 2. The number of fused-ring (bicyclic) bond motifs is 1. The Morgan fingerprint density at radius 1 is 1.35 bits per heavy atom. The largest absolute Gasteiger partial charge is 0.376 e. The van der Waals surface area contributed by atoms with Crippen LogP contribution in [0.25, 0.3) is 0 Å². The molecule has 2 amide bonds. The first kappa shape index (κ1) is 16.0. The quantitative estimate of drug-likeness (QED) is 0.878. The summed E-state index contributed by atoms with van der Waals surface area (Å²) in [6.07, 6.45) is 3.52. The number of nitrogens with zero attached hydrogens (tertiary/aromatic N) is 3. The SMILES string of the molecule is Cc1cc2n(n1)CCCN2C(=O)CCC(=O)NCC1CCCO1. The molecule has 23 heavy (non-hydrogen) atoms. The first-order valence-electron chi connectivity index (χ1n) is 8.36. The third-order valence-electron chi connectivity index (χ3n) is 4.33. The summed E-state index contributed by atoms with van der Waals surface area (Å²) >= 11 is 0. The highest BCUT2D eigenvalue weighted by Crippen LogP contribution is 2.22. The van der Waals surface area contributed by atoms with Crippen LogP contribution in [0.4, 0.5) is 5.82 Å². The van der Waals surface area contributed by atoms with Crippen molar-refractivity contribution >= 4 is 17.6 Å². The zero-order valence-corrected chi connectivity index (χ0v) is 13.6. The minimum Gasteiger partial charge on any atom is -0.376 e. The number of ether oxygens (including phenoxy) is 1. The van der Waals surface area contributed by atoms with Crippen molar-refractivity contribution < 1.29 is 14.3 Å². The zero-order chi connectivity index (χ0) is 16.2. The van der Waals surface area contributed by atoms with Crippen LogP contribution in [0.3, 0.4) is 0 Å². The molecule has 3 heterocycles. The lowest BCUT2D eigenvalue weighted by Crippen LogP contribution is -2.38. The molecule has 0 bridgehead atoms. The van der Waals surface area contributed by atoms with Crippen molar-refractivity contribution in [2.24, 2.45) is 0 Å². The molecule has 2 aliphatic rings.